The smallest absolute Gasteiger partial charge is 0.305 e. The Morgan fingerprint density at radius 1 is 1.07 bits per heavy atom. The van der Waals surface area contributed by atoms with Crippen LogP contribution in [0, 0.1) is 11.8 Å². The molecule has 0 aromatic carbocycles. The van der Waals surface area contributed by atoms with E-state index < -0.39 is 17.8 Å². The van der Waals surface area contributed by atoms with Crippen LogP contribution in [-0.2, 0) is 9.53 Å². The van der Waals surface area contributed by atoms with E-state index in [4.69, 9.17) is 0 Å². The Morgan fingerprint density at radius 3 is 2.39 bits per heavy atom. The van der Waals surface area contributed by atoms with Gasteiger partial charge in [-0.05, 0) is 43.9 Å². The van der Waals surface area contributed by atoms with Crippen molar-refractivity contribution in [2.45, 2.75) is 82.0 Å². The summed E-state index contributed by atoms with van der Waals surface area (Å²) in [5, 5.41) is 30.2. The van der Waals surface area contributed by atoms with Gasteiger partial charge in [0.2, 0.25) is 0 Å². The molecular weight excluding hydrogens is 356 g/mol. The molecule has 0 aliphatic heterocycles. The number of esters is 1. The van der Waals surface area contributed by atoms with Crippen LogP contribution in [0.4, 0.5) is 0 Å². The molecule has 0 radical (unpaired) electrons. The molecule has 1 rings (SSSR count). The normalized spacial score (nSPS) is 19.7. The summed E-state index contributed by atoms with van der Waals surface area (Å²) in [7, 11) is 1.32. The minimum atomic E-state index is -0.997. The molecule has 0 saturated heterocycles. The van der Waals surface area contributed by atoms with Crippen LogP contribution in [0.15, 0.2) is 36.5 Å². The fourth-order valence-corrected chi connectivity index (χ4v) is 3.12. The van der Waals surface area contributed by atoms with Crippen LogP contribution >= 0.6 is 0 Å². The molecular formula is C23H34O5. The summed E-state index contributed by atoms with van der Waals surface area (Å²) in [5.41, 5.74) is -0.729. The highest BCUT2D eigenvalue weighted by Gasteiger charge is 2.23. The van der Waals surface area contributed by atoms with Crippen molar-refractivity contribution in [2.24, 2.45) is 0 Å². The van der Waals surface area contributed by atoms with Crippen LogP contribution in [0.2, 0.25) is 0 Å². The van der Waals surface area contributed by atoms with Gasteiger partial charge in [0.05, 0.1) is 24.9 Å². The van der Waals surface area contributed by atoms with Gasteiger partial charge in [-0.1, -0.05) is 62.2 Å². The number of aliphatic hydroxyl groups excluding tert-OH is 2. The van der Waals surface area contributed by atoms with Crippen LogP contribution in [0.3, 0.4) is 0 Å². The zero-order valence-electron chi connectivity index (χ0n) is 16.8. The van der Waals surface area contributed by atoms with Gasteiger partial charge in [0.1, 0.15) is 0 Å². The Balaban J connectivity index is 2.33. The zero-order valence-corrected chi connectivity index (χ0v) is 16.8. The Morgan fingerprint density at radius 2 is 1.71 bits per heavy atom. The number of carbonyl (C=O) groups excluding carboxylic acids is 1. The van der Waals surface area contributed by atoms with E-state index in [1.807, 2.05) is 6.08 Å². The van der Waals surface area contributed by atoms with E-state index in [9.17, 15) is 20.1 Å². The van der Waals surface area contributed by atoms with E-state index in [0.29, 0.717) is 12.8 Å². The maximum Gasteiger partial charge on any atom is 0.305 e. The lowest BCUT2D eigenvalue weighted by Gasteiger charge is -2.26. The summed E-state index contributed by atoms with van der Waals surface area (Å²) in [4.78, 5) is 11.0. The monoisotopic (exact) mass is 390 g/mol. The summed E-state index contributed by atoms with van der Waals surface area (Å²) in [6.45, 7) is 0. The Labute approximate surface area is 168 Å². The molecule has 1 aliphatic rings. The average Bonchev–Trinajstić information content (AvgIpc) is 2.66. The van der Waals surface area contributed by atoms with Crippen molar-refractivity contribution < 1.29 is 24.9 Å². The molecule has 0 amide bonds. The zero-order chi connectivity index (χ0) is 20.7. The number of allylic oxidation sites excluding steroid dienone is 4. The second-order valence-electron chi connectivity index (χ2n) is 7.26. The topological polar surface area (TPSA) is 87.0 Å². The number of aliphatic hydroxyl groups is 3. The molecule has 28 heavy (non-hydrogen) atoms. The third-order valence-electron chi connectivity index (χ3n) is 4.88. The molecule has 0 aromatic heterocycles. The first-order valence-electron chi connectivity index (χ1n) is 10.1. The summed E-state index contributed by atoms with van der Waals surface area (Å²) in [6.07, 6.45) is 16.3. The van der Waals surface area contributed by atoms with Crippen molar-refractivity contribution in [3.63, 3.8) is 0 Å². The van der Waals surface area contributed by atoms with Crippen molar-refractivity contribution in [3.8, 4) is 11.8 Å². The van der Waals surface area contributed by atoms with E-state index in [1.165, 1.54) is 32.4 Å². The van der Waals surface area contributed by atoms with Crippen molar-refractivity contribution in [3.05, 3.63) is 36.5 Å². The van der Waals surface area contributed by atoms with E-state index in [1.54, 1.807) is 24.3 Å². The first kappa shape index (κ1) is 24.2. The van der Waals surface area contributed by atoms with Gasteiger partial charge in [-0.15, -0.1) is 0 Å². The van der Waals surface area contributed by atoms with Gasteiger partial charge in [-0.25, -0.2) is 0 Å². The van der Waals surface area contributed by atoms with Crippen molar-refractivity contribution >= 4 is 5.97 Å². The molecule has 5 nitrogen and oxygen atoms in total. The SMILES string of the molecule is COC(=O)CCC[C@H](O)[C@H](O)/C=C/C=C/C#C/C=C/C1(O)CCCCCCC1. The molecule has 1 aliphatic carbocycles. The van der Waals surface area contributed by atoms with Crippen LogP contribution in [0.1, 0.15) is 64.2 Å². The first-order chi connectivity index (χ1) is 13.5. The van der Waals surface area contributed by atoms with E-state index in [2.05, 4.69) is 16.6 Å². The molecule has 0 unspecified atom stereocenters. The predicted molar refractivity (Wildman–Crippen MR) is 110 cm³/mol. The van der Waals surface area contributed by atoms with Crippen LogP contribution in [0.25, 0.3) is 0 Å². The largest absolute Gasteiger partial charge is 0.469 e. The predicted octanol–water partition coefficient (Wildman–Crippen LogP) is 3.20. The number of hydrogen-bond acceptors (Lipinski definition) is 5. The average molecular weight is 391 g/mol. The van der Waals surface area contributed by atoms with Gasteiger partial charge < -0.3 is 20.1 Å². The lowest BCUT2D eigenvalue weighted by atomic mass is 9.87. The fourth-order valence-electron chi connectivity index (χ4n) is 3.12. The van der Waals surface area contributed by atoms with Gasteiger partial charge in [-0.3, -0.25) is 4.79 Å². The van der Waals surface area contributed by atoms with Gasteiger partial charge in [0, 0.05) is 6.42 Å². The van der Waals surface area contributed by atoms with E-state index >= 15 is 0 Å². The van der Waals surface area contributed by atoms with Crippen molar-refractivity contribution in [2.75, 3.05) is 7.11 Å². The van der Waals surface area contributed by atoms with Gasteiger partial charge in [0.15, 0.2) is 0 Å². The third-order valence-corrected chi connectivity index (χ3v) is 4.88. The maximum absolute atomic E-state index is 11.0. The Kier molecular flexibility index (Phi) is 12.2. The Hall–Kier alpha value is -1.87. The molecule has 1 saturated carbocycles. The standard InChI is InChI=1S/C23H34O5/c1-28-22(26)16-13-15-21(25)20(24)14-9-5-2-3-6-10-17-23(27)18-11-7-4-8-12-19-23/h2,5,9-10,14,17,20-21,24-25,27H,4,7-8,11-13,15-16,18-19H2,1H3/b5-2+,14-9+,17-10+/t20-,21+/m1/s1. The van der Waals surface area contributed by atoms with Gasteiger partial charge in [-0.2, -0.15) is 0 Å². The first-order valence-corrected chi connectivity index (χ1v) is 10.1. The highest BCUT2D eigenvalue weighted by Crippen LogP contribution is 2.27. The highest BCUT2D eigenvalue weighted by molar-refractivity contribution is 5.68. The number of carbonyl (C=O) groups is 1. The molecule has 1 fully saturated rings. The second-order valence-corrected chi connectivity index (χ2v) is 7.26. The van der Waals surface area contributed by atoms with Crippen LogP contribution in [-0.4, -0.2) is 46.2 Å². The van der Waals surface area contributed by atoms with E-state index in [0.717, 1.165) is 25.7 Å². The summed E-state index contributed by atoms with van der Waals surface area (Å²) >= 11 is 0. The maximum atomic E-state index is 11.0. The number of ether oxygens (including phenoxy) is 1. The second kappa shape index (κ2) is 14.2. The summed E-state index contributed by atoms with van der Waals surface area (Å²) in [5.74, 6) is 5.41. The lowest BCUT2D eigenvalue weighted by Crippen LogP contribution is -2.26. The minimum absolute atomic E-state index is 0.224. The molecule has 5 heteroatoms. The van der Waals surface area contributed by atoms with E-state index in [-0.39, 0.29) is 12.4 Å². The molecule has 0 heterocycles. The Bertz CT molecular complexity index is 586. The van der Waals surface area contributed by atoms with Crippen molar-refractivity contribution in [1.82, 2.24) is 0 Å². The minimum Gasteiger partial charge on any atom is -0.469 e. The molecule has 0 spiro atoms. The molecule has 156 valence electrons. The van der Waals surface area contributed by atoms with Gasteiger partial charge in [0.25, 0.3) is 0 Å². The molecule has 3 N–H and O–H groups in total. The number of hydrogen-bond donors (Lipinski definition) is 3. The van der Waals surface area contributed by atoms with Crippen LogP contribution < -0.4 is 0 Å². The van der Waals surface area contributed by atoms with Crippen molar-refractivity contribution in [1.29, 1.82) is 0 Å². The van der Waals surface area contributed by atoms with Gasteiger partial charge >= 0.3 is 5.97 Å². The highest BCUT2D eigenvalue weighted by atomic mass is 16.5. The number of methoxy groups -OCH3 is 1. The lowest BCUT2D eigenvalue weighted by molar-refractivity contribution is -0.140. The fraction of sp³-hybridized carbons (Fsp3) is 0.609. The summed E-state index contributed by atoms with van der Waals surface area (Å²) in [6, 6.07) is 0. The van der Waals surface area contributed by atoms with Crippen LogP contribution in [0.5, 0.6) is 0 Å². The quantitative estimate of drug-likeness (QED) is 0.337. The third kappa shape index (κ3) is 11.1. The molecule has 0 bridgehead atoms. The number of rotatable bonds is 8. The summed E-state index contributed by atoms with van der Waals surface area (Å²) < 4.78 is 4.52. The molecule has 0 aromatic rings. The molecule has 2 atom stereocenters.